The molecule has 0 saturated heterocycles. The number of aryl methyl sites for hydroxylation is 2. The van der Waals surface area contributed by atoms with Crippen molar-refractivity contribution in [2.45, 2.75) is 13.8 Å². The first kappa shape index (κ1) is 25.6. The van der Waals surface area contributed by atoms with E-state index < -0.39 is 0 Å². The molecule has 6 rings (SSSR count). The summed E-state index contributed by atoms with van der Waals surface area (Å²) in [6, 6.07) is 23.9. The zero-order valence-corrected chi connectivity index (χ0v) is 24.2. The normalized spacial score (nSPS) is 10.7. The Morgan fingerprint density at radius 1 is 0.525 bits per heavy atom. The van der Waals surface area contributed by atoms with Crippen LogP contribution in [0.5, 0.6) is 0 Å². The van der Waals surface area contributed by atoms with Crippen molar-refractivity contribution >= 4 is 97.7 Å². The molecule has 0 saturated carbocycles. The van der Waals surface area contributed by atoms with E-state index in [0.717, 1.165) is 19.5 Å². The monoisotopic (exact) mass is 586 g/mol. The third-order valence-corrected chi connectivity index (χ3v) is 11.0. The standard InChI is InChI=1S/C30H14N6S4/c1-15-7-21-22(29-19(15)9-25(39-29)23-3-5-27(37-23)35-17(11-31)12-32)8-16(2)20-10-26(40-30(20)21)24-4-6-28(38-24)36-18(13-33)14-34/h3-10H,1-2H3. The highest BCUT2D eigenvalue weighted by Gasteiger charge is 2.17. The Hall–Kier alpha value is -4.68. The Balaban J connectivity index is 1.48. The van der Waals surface area contributed by atoms with E-state index in [1.165, 1.54) is 64.7 Å². The molecular formula is C30H14N6S4. The second kappa shape index (κ2) is 10.1. The number of hydrogen-bond acceptors (Lipinski definition) is 10. The van der Waals surface area contributed by atoms with Crippen molar-refractivity contribution in [1.29, 1.82) is 21.0 Å². The molecule has 2 aromatic carbocycles. The molecule has 4 heterocycles. The van der Waals surface area contributed by atoms with Gasteiger partial charge in [-0.2, -0.15) is 21.0 Å². The molecule has 4 aromatic heterocycles. The van der Waals surface area contributed by atoms with E-state index in [9.17, 15) is 0 Å². The van der Waals surface area contributed by atoms with Gasteiger partial charge in [0.15, 0.2) is 0 Å². The van der Waals surface area contributed by atoms with Gasteiger partial charge in [0.1, 0.15) is 34.3 Å². The van der Waals surface area contributed by atoms with Crippen LogP contribution in [0.3, 0.4) is 0 Å². The Kier molecular flexibility index (Phi) is 6.48. The second-order valence-electron chi connectivity index (χ2n) is 8.83. The van der Waals surface area contributed by atoms with Crippen LogP contribution in [0.15, 0.2) is 58.5 Å². The summed E-state index contributed by atoms with van der Waals surface area (Å²) in [7, 11) is 0. The summed E-state index contributed by atoms with van der Waals surface area (Å²) in [5.41, 5.74) is 2.10. The van der Waals surface area contributed by atoms with E-state index in [0.29, 0.717) is 10.0 Å². The van der Waals surface area contributed by atoms with Crippen LogP contribution in [0.2, 0.25) is 0 Å². The van der Waals surface area contributed by atoms with Gasteiger partial charge in [0.05, 0.1) is 0 Å². The summed E-state index contributed by atoms with van der Waals surface area (Å²) in [5, 5.41) is 42.2. The van der Waals surface area contributed by atoms with Gasteiger partial charge in [-0.3, -0.25) is 0 Å². The van der Waals surface area contributed by atoms with E-state index in [2.05, 4.69) is 48.1 Å². The average Bonchev–Trinajstić information content (AvgIpc) is 3.76. The van der Waals surface area contributed by atoms with Crippen molar-refractivity contribution in [3.8, 4) is 43.8 Å². The fourth-order valence-electron chi connectivity index (χ4n) is 4.54. The average molecular weight is 587 g/mol. The molecule has 0 spiro atoms. The summed E-state index contributed by atoms with van der Waals surface area (Å²) in [4.78, 5) is 12.6. The molecule has 6 nitrogen and oxygen atoms in total. The number of hydrogen-bond donors (Lipinski definition) is 0. The van der Waals surface area contributed by atoms with Gasteiger partial charge in [-0.25, -0.2) is 9.98 Å². The number of fused-ring (bicyclic) bond motifs is 5. The van der Waals surface area contributed by atoms with Crippen molar-refractivity contribution in [2.24, 2.45) is 9.98 Å². The lowest BCUT2D eigenvalue weighted by Gasteiger charge is -2.07. The van der Waals surface area contributed by atoms with Crippen LogP contribution in [0, 0.1) is 59.2 Å². The highest BCUT2D eigenvalue weighted by atomic mass is 32.1. The van der Waals surface area contributed by atoms with Gasteiger partial charge in [-0.05, 0) is 84.3 Å². The van der Waals surface area contributed by atoms with Gasteiger partial charge >= 0.3 is 0 Å². The first-order valence-electron chi connectivity index (χ1n) is 11.8. The molecule has 0 aliphatic rings. The molecule has 0 radical (unpaired) electrons. The predicted octanol–water partition coefficient (Wildman–Crippen LogP) is 9.58. The highest BCUT2D eigenvalue weighted by Crippen LogP contribution is 2.47. The summed E-state index contributed by atoms with van der Waals surface area (Å²) < 4.78 is 2.46. The lowest BCUT2D eigenvalue weighted by atomic mass is 9.99. The maximum absolute atomic E-state index is 9.03. The Morgan fingerprint density at radius 3 is 1.30 bits per heavy atom. The van der Waals surface area contributed by atoms with Crippen molar-refractivity contribution in [3.05, 3.63) is 59.7 Å². The van der Waals surface area contributed by atoms with Crippen LogP contribution >= 0.6 is 45.3 Å². The third-order valence-electron chi connectivity index (χ3n) is 6.35. The van der Waals surface area contributed by atoms with Crippen LogP contribution in [0.1, 0.15) is 11.1 Å². The number of thiophene rings is 4. The Morgan fingerprint density at radius 2 is 0.925 bits per heavy atom. The molecule has 0 fully saturated rings. The number of aliphatic imine (C=N–C) groups is 2. The molecule has 0 N–H and O–H groups in total. The van der Waals surface area contributed by atoms with E-state index in [4.69, 9.17) is 21.0 Å². The lowest BCUT2D eigenvalue weighted by molar-refractivity contribution is 1.51. The van der Waals surface area contributed by atoms with Crippen molar-refractivity contribution in [2.75, 3.05) is 0 Å². The first-order chi connectivity index (χ1) is 19.4. The first-order valence-corrected chi connectivity index (χ1v) is 15.1. The van der Waals surface area contributed by atoms with Gasteiger partial charge in [0, 0.05) is 39.7 Å². The van der Waals surface area contributed by atoms with Crippen molar-refractivity contribution in [1.82, 2.24) is 0 Å². The summed E-state index contributed by atoms with van der Waals surface area (Å²) in [6.07, 6.45) is 0. The molecule has 10 heteroatoms. The van der Waals surface area contributed by atoms with Crippen LogP contribution in [0.25, 0.3) is 50.5 Å². The van der Waals surface area contributed by atoms with Gasteiger partial charge in [-0.15, -0.1) is 45.3 Å². The Labute approximate surface area is 244 Å². The van der Waals surface area contributed by atoms with Gasteiger partial charge in [-0.1, -0.05) is 0 Å². The highest BCUT2D eigenvalue weighted by molar-refractivity contribution is 7.29. The fraction of sp³-hybridized carbons (Fsp3) is 0.0667. The van der Waals surface area contributed by atoms with Gasteiger partial charge in [0.2, 0.25) is 11.4 Å². The molecule has 0 atom stereocenters. The zero-order chi connectivity index (χ0) is 28.0. The van der Waals surface area contributed by atoms with Gasteiger partial charge in [0.25, 0.3) is 0 Å². The zero-order valence-electron chi connectivity index (χ0n) is 20.9. The maximum atomic E-state index is 9.03. The third kappa shape index (κ3) is 4.36. The van der Waals surface area contributed by atoms with Crippen LogP contribution in [-0.4, -0.2) is 11.4 Å². The van der Waals surface area contributed by atoms with E-state index in [1.54, 1.807) is 22.7 Å². The molecule has 0 unspecified atom stereocenters. The molecule has 6 aromatic rings. The SMILES string of the molecule is Cc1cc2c(cc(C)c3cc(-c4ccc(N=C(C#N)C#N)s4)sc32)c2sc(-c3ccc(N=C(C#N)C#N)s3)cc12. The van der Waals surface area contributed by atoms with E-state index in [-0.39, 0.29) is 11.4 Å². The fourth-order valence-corrected chi connectivity index (χ4v) is 8.98. The topological polar surface area (TPSA) is 120 Å². The van der Waals surface area contributed by atoms with Crippen LogP contribution in [-0.2, 0) is 0 Å². The summed E-state index contributed by atoms with van der Waals surface area (Å²) in [5.74, 6) is 0. The molecule has 188 valence electrons. The minimum absolute atomic E-state index is 0.151. The minimum atomic E-state index is -0.151. The second-order valence-corrected chi connectivity index (χ2v) is 13.1. The molecule has 0 bridgehead atoms. The van der Waals surface area contributed by atoms with Crippen LogP contribution < -0.4 is 0 Å². The predicted molar refractivity (Wildman–Crippen MR) is 167 cm³/mol. The number of rotatable bonds is 4. The van der Waals surface area contributed by atoms with E-state index in [1.807, 2.05) is 48.5 Å². The number of benzene rings is 2. The molecular weight excluding hydrogens is 573 g/mol. The largest absolute Gasteiger partial charge is 0.219 e. The smallest absolute Gasteiger partial charge is 0.216 e. The Bertz CT molecular complexity index is 2050. The summed E-state index contributed by atoms with van der Waals surface area (Å²) in [6.45, 7) is 4.28. The minimum Gasteiger partial charge on any atom is -0.216 e. The molecule has 0 aliphatic carbocycles. The van der Waals surface area contributed by atoms with Gasteiger partial charge < -0.3 is 0 Å². The van der Waals surface area contributed by atoms with Crippen molar-refractivity contribution < 1.29 is 0 Å². The lowest BCUT2D eigenvalue weighted by Crippen LogP contribution is -1.84. The maximum Gasteiger partial charge on any atom is 0.219 e. The molecule has 0 amide bonds. The quantitative estimate of drug-likeness (QED) is 0.191. The molecule has 40 heavy (non-hydrogen) atoms. The number of nitriles is 4. The van der Waals surface area contributed by atoms with E-state index >= 15 is 0 Å². The summed E-state index contributed by atoms with van der Waals surface area (Å²) >= 11 is 6.42. The number of nitrogens with zero attached hydrogens (tertiary/aromatic N) is 6. The van der Waals surface area contributed by atoms with Crippen molar-refractivity contribution in [3.63, 3.8) is 0 Å². The van der Waals surface area contributed by atoms with Crippen LogP contribution in [0.4, 0.5) is 10.0 Å². The molecule has 0 aliphatic heterocycles.